The lowest BCUT2D eigenvalue weighted by Gasteiger charge is -2.32. The fourth-order valence-electron chi connectivity index (χ4n) is 3.15. The Kier molecular flexibility index (Phi) is 4.18. The Morgan fingerprint density at radius 2 is 2.00 bits per heavy atom. The van der Waals surface area contributed by atoms with E-state index in [-0.39, 0.29) is 5.82 Å². The number of anilines is 1. The average molecular weight is 315 g/mol. The third-order valence-corrected chi connectivity index (χ3v) is 4.32. The zero-order chi connectivity index (χ0) is 16.4. The summed E-state index contributed by atoms with van der Waals surface area (Å²) < 4.78 is 7.08. The third kappa shape index (κ3) is 2.99. The fraction of sp³-hybridized carbons (Fsp3) is 0.438. The highest BCUT2D eigenvalue weighted by Gasteiger charge is 2.26. The van der Waals surface area contributed by atoms with Crippen molar-refractivity contribution < 1.29 is 9.53 Å². The van der Waals surface area contributed by atoms with Crippen LogP contribution >= 0.6 is 0 Å². The van der Waals surface area contributed by atoms with Crippen LogP contribution in [0.4, 0.5) is 5.95 Å². The summed E-state index contributed by atoms with van der Waals surface area (Å²) in [5, 5.41) is 4.06. The molecule has 1 aliphatic rings. The molecule has 1 aromatic heterocycles. The summed E-state index contributed by atoms with van der Waals surface area (Å²) in [4.78, 5) is 17.6. The molecule has 7 nitrogen and oxygen atoms in total. The molecule has 0 aliphatic carbocycles. The number of rotatable bonds is 4. The summed E-state index contributed by atoms with van der Waals surface area (Å²) in [6.07, 6.45) is 2.00. The number of benzene rings is 1. The SMILES string of the molecule is COc1ccccc1C1CCN(c2nc(C(N)=O)nn2C)CC1. The molecule has 2 N–H and O–H groups in total. The van der Waals surface area contributed by atoms with Crippen molar-refractivity contribution >= 4 is 11.9 Å². The number of nitrogens with zero attached hydrogens (tertiary/aromatic N) is 4. The van der Waals surface area contributed by atoms with Crippen LogP contribution in [0.1, 0.15) is 34.9 Å². The average Bonchev–Trinajstić information content (AvgIpc) is 2.97. The van der Waals surface area contributed by atoms with Gasteiger partial charge in [-0.25, -0.2) is 4.68 Å². The Labute approximate surface area is 135 Å². The van der Waals surface area contributed by atoms with E-state index < -0.39 is 5.91 Å². The largest absolute Gasteiger partial charge is 0.496 e. The molecular formula is C16H21N5O2. The minimum atomic E-state index is -0.601. The second-order valence-electron chi connectivity index (χ2n) is 5.73. The molecule has 2 aromatic rings. The molecule has 1 aromatic carbocycles. The third-order valence-electron chi connectivity index (χ3n) is 4.32. The summed E-state index contributed by atoms with van der Waals surface area (Å²) in [6, 6.07) is 8.17. The molecule has 1 aliphatic heterocycles. The first-order chi connectivity index (χ1) is 11.1. The molecule has 7 heteroatoms. The molecule has 122 valence electrons. The van der Waals surface area contributed by atoms with Gasteiger partial charge in [0, 0.05) is 20.1 Å². The Hall–Kier alpha value is -2.57. The van der Waals surface area contributed by atoms with Gasteiger partial charge in [0.1, 0.15) is 5.75 Å². The van der Waals surface area contributed by atoms with Crippen molar-refractivity contribution in [3.8, 4) is 5.75 Å². The predicted octanol–water partition coefficient (Wildman–Crippen LogP) is 1.31. The van der Waals surface area contributed by atoms with Crippen LogP contribution in [0.2, 0.25) is 0 Å². The van der Waals surface area contributed by atoms with Gasteiger partial charge >= 0.3 is 0 Å². The summed E-state index contributed by atoms with van der Waals surface area (Å²) in [7, 11) is 3.49. The molecule has 23 heavy (non-hydrogen) atoms. The highest BCUT2D eigenvalue weighted by molar-refractivity contribution is 5.89. The van der Waals surface area contributed by atoms with Crippen molar-refractivity contribution in [3.63, 3.8) is 0 Å². The molecule has 0 saturated carbocycles. The van der Waals surface area contributed by atoms with Crippen molar-refractivity contribution in [2.45, 2.75) is 18.8 Å². The van der Waals surface area contributed by atoms with Gasteiger partial charge < -0.3 is 15.4 Å². The molecule has 0 spiro atoms. The van der Waals surface area contributed by atoms with Gasteiger partial charge in [-0.2, -0.15) is 4.98 Å². The minimum Gasteiger partial charge on any atom is -0.496 e. The van der Waals surface area contributed by atoms with Crippen molar-refractivity contribution in [2.75, 3.05) is 25.1 Å². The van der Waals surface area contributed by atoms with Crippen LogP contribution < -0.4 is 15.4 Å². The van der Waals surface area contributed by atoms with E-state index in [9.17, 15) is 4.79 Å². The molecule has 1 amide bonds. The number of piperidine rings is 1. The van der Waals surface area contributed by atoms with E-state index in [1.165, 1.54) is 5.56 Å². The monoisotopic (exact) mass is 315 g/mol. The summed E-state index contributed by atoms with van der Waals surface area (Å²) in [6.45, 7) is 1.71. The Balaban J connectivity index is 1.72. The number of nitrogens with two attached hydrogens (primary N) is 1. The fourth-order valence-corrected chi connectivity index (χ4v) is 3.15. The first-order valence-electron chi connectivity index (χ1n) is 7.69. The number of carbonyl (C=O) groups is 1. The molecule has 0 bridgehead atoms. The minimum absolute atomic E-state index is 0.0642. The number of methoxy groups -OCH3 is 1. The maximum absolute atomic E-state index is 11.2. The van der Waals surface area contributed by atoms with Crippen LogP contribution in [0.15, 0.2) is 24.3 Å². The molecule has 2 heterocycles. The standard InChI is InChI=1S/C16H21N5O2/c1-20-16(18-15(19-20)14(17)22)21-9-7-11(8-10-21)12-5-3-4-6-13(12)23-2/h3-6,11H,7-10H2,1-2H3,(H2,17,22). The second-order valence-corrected chi connectivity index (χ2v) is 5.73. The van der Waals surface area contributed by atoms with Crippen molar-refractivity contribution in [3.05, 3.63) is 35.7 Å². The molecule has 0 unspecified atom stereocenters. The molecular weight excluding hydrogens is 294 g/mol. The van der Waals surface area contributed by atoms with Crippen LogP contribution in [0.25, 0.3) is 0 Å². The second kappa shape index (κ2) is 6.28. The summed E-state index contributed by atoms with van der Waals surface area (Å²) in [5.41, 5.74) is 6.50. The number of para-hydroxylation sites is 1. The first-order valence-corrected chi connectivity index (χ1v) is 7.69. The van der Waals surface area contributed by atoms with Gasteiger partial charge in [-0.3, -0.25) is 4.79 Å². The molecule has 1 fully saturated rings. The quantitative estimate of drug-likeness (QED) is 0.919. The molecule has 1 saturated heterocycles. The van der Waals surface area contributed by atoms with Crippen molar-refractivity contribution in [1.82, 2.24) is 14.8 Å². The van der Waals surface area contributed by atoms with Gasteiger partial charge in [-0.15, -0.1) is 5.10 Å². The normalized spacial score (nSPS) is 15.7. The Morgan fingerprint density at radius 3 is 2.61 bits per heavy atom. The number of primary amides is 1. The highest BCUT2D eigenvalue weighted by atomic mass is 16.5. The highest BCUT2D eigenvalue weighted by Crippen LogP contribution is 2.34. The first kappa shape index (κ1) is 15.3. The number of hydrogen-bond acceptors (Lipinski definition) is 5. The summed E-state index contributed by atoms with van der Waals surface area (Å²) >= 11 is 0. The van der Waals surface area contributed by atoms with Crippen LogP contribution in [0.3, 0.4) is 0 Å². The van der Waals surface area contributed by atoms with E-state index in [4.69, 9.17) is 10.5 Å². The summed E-state index contributed by atoms with van der Waals surface area (Å²) in [5.74, 6) is 1.56. The zero-order valence-electron chi connectivity index (χ0n) is 13.4. The maximum atomic E-state index is 11.2. The van der Waals surface area contributed by atoms with Crippen LogP contribution in [0.5, 0.6) is 5.75 Å². The van der Waals surface area contributed by atoms with Gasteiger partial charge in [0.25, 0.3) is 5.91 Å². The van der Waals surface area contributed by atoms with E-state index in [0.29, 0.717) is 11.9 Å². The number of aryl methyl sites for hydroxylation is 1. The van der Waals surface area contributed by atoms with Gasteiger partial charge in [0.05, 0.1) is 7.11 Å². The Bertz CT molecular complexity index is 704. The van der Waals surface area contributed by atoms with Crippen LogP contribution in [0, 0.1) is 0 Å². The van der Waals surface area contributed by atoms with Crippen LogP contribution in [-0.2, 0) is 7.05 Å². The van der Waals surface area contributed by atoms with E-state index in [0.717, 1.165) is 31.7 Å². The van der Waals surface area contributed by atoms with E-state index in [2.05, 4.69) is 21.0 Å². The number of hydrogen-bond donors (Lipinski definition) is 1. The number of amides is 1. The molecule has 0 atom stereocenters. The molecule has 3 rings (SSSR count). The van der Waals surface area contributed by atoms with Crippen molar-refractivity contribution in [2.24, 2.45) is 12.8 Å². The number of carbonyl (C=O) groups excluding carboxylic acids is 1. The van der Waals surface area contributed by atoms with Crippen LogP contribution in [-0.4, -0.2) is 40.9 Å². The zero-order valence-corrected chi connectivity index (χ0v) is 13.4. The smallest absolute Gasteiger partial charge is 0.288 e. The van der Waals surface area contributed by atoms with Gasteiger partial charge in [0.15, 0.2) is 0 Å². The lowest BCUT2D eigenvalue weighted by molar-refractivity contribution is 0.0990. The van der Waals surface area contributed by atoms with Crippen molar-refractivity contribution in [1.29, 1.82) is 0 Å². The van der Waals surface area contributed by atoms with Gasteiger partial charge in [-0.1, -0.05) is 18.2 Å². The lowest BCUT2D eigenvalue weighted by Crippen LogP contribution is -2.34. The van der Waals surface area contributed by atoms with Gasteiger partial charge in [0.2, 0.25) is 11.8 Å². The van der Waals surface area contributed by atoms with Gasteiger partial charge in [-0.05, 0) is 30.4 Å². The number of ether oxygens (including phenoxy) is 1. The molecule has 0 radical (unpaired) electrons. The van der Waals surface area contributed by atoms with E-state index >= 15 is 0 Å². The van der Waals surface area contributed by atoms with E-state index in [1.54, 1.807) is 18.8 Å². The van der Waals surface area contributed by atoms with E-state index in [1.807, 2.05) is 18.2 Å². The predicted molar refractivity (Wildman–Crippen MR) is 86.7 cm³/mol. The Morgan fingerprint density at radius 1 is 1.30 bits per heavy atom. The topological polar surface area (TPSA) is 86.3 Å². The number of aromatic nitrogens is 3. The maximum Gasteiger partial charge on any atom is 0.288 e. The lowest BCUT2D eigenvalue weighted by atomic mass is 9.89.